The Morgan fingerprint density at radius 2 is 1.84 bits per heavy atom. The van der Waals surface area contributed by atoms with Crippen molar-refractivity contribution in [1.82, 2.24) is 19.7 Å². The average molecular weight is 444 g/mol. The van der Waals surface area contributed by atoms with Gasteiger partial charge in [-0.3, -0.25) is 4.90 Å². The van der Waals surface area contributed by atoms with Gasteiger partial charge in [-0.05, 0) is 64.6 Å². The number of rotatable bonds is 3. The molecule has 4 rings (SSSR count). The number of likely N-dealkylation sites (tertiary alicyclic amines) is 2. The molecule has 1 aromatic rings. The number of aromatic nitrogens is 1. The number of hydrogen-bond donors (Lipinski definition) is 0. The number of nitrogens with zero attached hydrogens (tertiary/aromatic N) is 5. The molecule has 0 aliphatic carbocycles. The SMILES string of the molecule is CCOC(=O)N1CCC(CN2CCC3(CC2)CN(C(=O)N(C)C)c2nc(C)ccc23)CC1. The summed E-state index contributed by atoms with van der Waals surface area (Å²) in [4.78, 5) is 37.5. The summed E-state index contributed by atoms with van der Waals surface area (Å²) < 4.78 is 5.14. The molecule has 3 amide bonds. The van der Waals surface area contributed by atoms with Crippen LogP contribution in [0.2, 0.25) is 0 Å². The summed E-state index contributed by atoms with van der Waals surface area (Å²) in [7, 11) is 3.61. The van der Waals surface area contributed by atoms with E-state index in [4.69, 9.17) is 9.72 Å². The number of anilines is 1. The Kier molecular flexibility index (Phi) is 6.60. The molecular weight excluding hydrogens is 406 g/mol. The lowest BCUT2D eigenvalue weighted by Gasteiger charge is -2.42. The number of carbonyl (C=O) groups excluding carboxylic acids is 2. The van der Waals surface area contributed by atoms with Gasteiger partial charge in [0.05, 0.1) is 6.61 Å². The summed E-state index contributed by atoms with van der Waals surface area (Å²) in [5.41, 5.74) is 2.19. The molecule has 3 aliphatic rings. The van der Waals surface area contributed by atoms with Crippen LogP contribution in [-0.4, -0.2) is 91.8 Å². The monoisotopic (exact) mass is 443 g/mol. The second kappa shape index (κ2) is 9.25. The Balaban J connectivity index is 1.36. The van der Waals surface area contributed by atoms with E-state index in [1.165, 1.54) is 5.56 Å². The first-order valence-corrected chi connectivity index (χ1v) is 11.9. The minimum absolute atomic E-state index is 0.00543. The normalized spacial score (nSPS) is 21.0. The van der Waals surface area contributed by atoms with Crippen LogP contribution in [0.3, 0.4) is 0 Å². The fourth-order valence-electron chi connectivity index (χ4n) is 5.49. The molecule has 0 saturated carbocycles. The lowest BCUT2D eigenvalue weighted by Crippen LogP contribution is -2.49. The molecule has 8 nitrogen and oxygen atoms in total. The molecule has 0 N–H and O–H groups in total. The highest BCUT2D eigenvalue weighted by Gasteiger charge is 2.47. The molecule has 176 valence electrons. The van der Waals surface area contributed by atoms with Crippen molar-refractivity contribution in [2.24, 2.45) is 5.92 Å². The van der Waals surface area contributed by atoms with Crippen LogP contribution >= 0.6 is 0 Å². The molecule has 32 heavy (non-hydrogen) atoms. The van der Waals surface area contributed by atoms with Crippen LogP contribution in [0.15, 0.2) is 12.1 Å². The van der Waals surface area contributed by atoms with Gasteiger partial charge in [-0.1, -0.05) is 6.07 Å². The molecule has 4 heterocycles. The Hall–Kier alpha value is -2.35. The van der Waals surface area contributed by atoms with Gasteiger partial charge in [0.15, 0.2) is 0 Å². The van der Waals surface area contributed by atoms with E-state index in [9.17, 15) is 9.59 Å². The maximum Gasteiger partial charge on any atom is 0.409 e. The predicted octanol–water partition coefficient (Wildman–Crippen LogP) is 3.09. The summed E-state index contributed by atoms with van der Waals surface area (Å²) in [6, 6.07) is 4.28. The van der Waals surface area contributed by atoms with Crippen molar-refractivity contribution in [3.05, 3.63) is 23.4 Å². The zero-order chi connectivity index (χ0) is 22.9. The number of amides is 3. The first kappa shape index (κ1) is 22.8. The van der Waals surface area contributed by atoms with E-state index in [1.54, 1.807) is 19.0 Å². The first-order valence-electron chi connectivity index (χ1n) is 11.9. The highest BCUT2D eigenvalue weighted by molar-refractivity contribution is 5.93. The summed E-state index contributed by atoms with van der Waals surface area (Å²) in [5.74, 6) is 1.48. The molecule has 3 aliphatic heterocycles. The predicted molar refractivity (Wildman–Crippen MR) is 124 cm³/mol. The quantitative estimate of drug-likeness (QED) is 0.718. The Morgan fingerprint density at radius 3 is 2.47 bits per heavy atom. The van der Waals surface area contributed by atoms with Crippen molar-refractivity contribution >= 4 is 17.9 Å². The highest BCUT2D eigenvalue weighted by Crippen LogP contribution is 2.46. The molecule has 0 unspecified atom stereocenters. The van der Waals surface area contributed by atoms with Crippen molar-refractivity contribution in [3.8, 4) is 0 Å². The van der Waals surface area contributed by atoms with Crippen molar-refractivity contribution in [2.75, 3.05) is 64.9 Å². The van der Waals surface area contributed by atoms with Crippen LogP contribution in [0.4, 0.5) is 15.4 Å². The molecule has 2 saturated heterocycles. The van der Waals surface area contributed by atoms with Crippen molar-refractivity contribution in [1.29, 1.82) is 0 Å². The molecule has 1 aromatic heterocycles. The third-order valence-corrected chi connectivity index (χ3v) is 7.39. The van der Waals surface area contributed by atoms with Gasteiger partial charge in [0.25, 0.3) is 0 Å². The van der Waals surface area contributed by atoms with Crippen molar-refractivity contribution in [3.63, 3.8) is 0 Å². The lowest BCUT2D eigenvalue weighted by molar-refractivity contribution is 0.0798. The maximum atomic E-state index is 12.9. The minimum Gasteiger partial charge on any atom is -0.450 e. The van der Waals surface area contributed by atoms with Gasteiger partial charge in [-0.15, -0.1) is 0 Å². The zero-order valence-electron chi connectivity index (χ0n) is 20.0. The lowest BCUT2D eigenvalue weighted by atomic mass is 9.74. The van der Waals surface area contributed by atoms with Crippen LogP contribution in [-0.2, 0) is 10.2 Å². The number of piperidine rings is 2. The van der Waals surface area contributed by atoms with E-state index in [-0.39, 0.29) is 17.5 Å². The van der Waals surface area contributed by atoms with E-state index < -0.39 is 0 Å². The summed E-state index contributed by atoms with van der Waals surface area (Å²) >= 11 is 0. The van der Waals surface area contributed by atoms with Gasteiger partial charge in [0.1, 0.15) is 5.82 Å². The second-order valence-electron chi connectivity index (χ2n) is 9.80. The zero-order valence-corrected chi connectivity index (χ0v) is 20.0. The van der Waals surface area contributed by atoms with Crippen molar-refractivity contribution < 1.29 is 14.3 Å². The number of fused-ring (bicyclic) bond motifs is 2. The van der Waals surface area contributed by atoms with Crippen molar-refractivity contribution in [2.45, 2.75) is 44.9 Å². The van der Waals surface area contributed by atoms with Crippen LogP contribution in [0.25, 0.3) is 0 Å². The van der Waals surface area contributed by atoms with Crippen LogP contribution < -0.4 is 4.90 Å². The van der Waals surface area contributed by atoms with Gasteiger partial charge < -0.3 is 19.4 Å². The molecule has 0 bridgehead atoms. The molecular formula is C24H37N5O3. The summed E-state index contributed by atoms with van der Waals surface area (Å²) in [6.07, 6.45) is 3.99. The maximum absolute atomic E-state index is 12.9. The number of ether oxygens (including phenoxy) is 1. The van der Waals surface area contributed by atoms with Crippen LogP contribution in [0.5, 0.6) is 0 Å². The Morgan fingerprint density at radius 1 is 1.16 bits per heavy atom. The fourth-order valence-corrected chi connectivity index (χ4v) is 5.49. The summed E-state index contributed by atoms with van der Waals surface area (Å²) in [5, 5.41) is 0. The largest absolute Gasteiger partial charge is 0.450 e. The first-order chi connectivity index (χ1) is 15.3. The minimum atomic E-state index is -0.175. The van der Waals surface area contributed by atoms with Gasteiger partial charge >= 0.3 is 12.1 Å². The Labute approximate surface area is 191 Å². The smallest absolute Gasteiger partial charge is 0.409 e. The van der Waals surface area contributed by atoms with E-state index >= 15 is 0 Å². The molecule has 0 aromatic carbocycles. The van der Waals surface area contributed by atoms with E-state index in [1.807, 2.05) is 23.6 Å². The van der Waals surface area contributed by atoms with Gasteiger partial charge in [0.2, 0.25) is 0 Å². The van der Waals surface area contributed by atoms with Gasteiger partial charge in [0, 0.05) is 56.9 Å². The standard InChI is InChI=1S/C24H37N5O3/c1-5-32-23(31)28-12-8-19(9-13-28)16-27-14-10-24(11-15-27)17-29(22(30)26(3)4)21-20(24)7-6-18(2)25-21/h6-7,19H,5,8-17H2,1-4H3. The number of aryl methyl sites for hydroxylation is 1. The highest BCUT2D eigenvalue weighted by atomic mass is 16.6. The van der Waals surface area contributed by atoms with E-state index in [0.29, 0.717) is 12.5 Å². The summed E-state index contributed by atoms with van der Waals surface area (Å²) in [6.45, 7) is 9.74. The number of carbonyl (C=O) groups is 2. The van der Waals surface area contributed by atoms with Crippen LogP contribution in [0, 0.1) is 12.8 Å². The second-order valence-corrected chi connectivity index (χ2v) is 9.80. The van der Waals surface area contributed by atoms with Gasteiger partial charge in [-0.2, -0.15) is 0 Å². The third kappa shape index (κ3) is 4.42. The molecule has 0 atom stereocenters. The van der Waals surface area contributed by atoms with E-state index in [2.05, 4.69) is 17.0 Å². The molecule has 2 fully saturated rings. The molecule has 8 heteroatoms. The number of urea groups is 1. The van der Waals surface area contributed by atoms with Gasteiger partial charge in [-0.25, -0.2) is 14.6 Å². The van der Waals surface area contributed by atoms with E-state index in [0.717, 1.165) is 76.5 Å². The number of pyridine rings is 1. The molecule has 0 radical (unpaired) electrons. The molecule has 1 spiro atoms. The average Bonchev–Trinajstić information content (AvgIpc) is 3.08. The Bertz CT molecular complexity index is 842. The third-order valence-electron chi connectivity index (χ3n) is 7.39. The topological polar surface area (TPSA) is 69.2 Å². The fraction of sp³-hybridized carbons (Fsp3) is 0.708. The number of hydrogen-bond acceptors (Lipinski definition) is 5. The van der Waals surface area contributed by atoms with Crippen LogP contribution in [0.1, 0.15) is 43.9 Å².